The van der Waals surface area contributed by atoms with Gasteiger partial charge in [-0.15, -0.1) is 0 Å². The van der Waals surface area contributed by atoms with E-state index in [0.717, 1.165) is 49.1 Å². The Morgan fingerprint density at radius 3 is 2.77 bits per heavy atom. The summed E-state index contributed by atoms with van der Waals surface area (Å²) in [5.74, 6) is 2.15. The minimum absolute atomic E-state index is 0.120. The number of aromatic nitrogens is 2. The Kier molecular flexibility index (Phi) is 4.97. The zero-order valence-corrected chi connectivity index (χ0v) is 14.0. The summed E-state index contributed by atoms with van der Waals surface area (Å²) in [7, 11) is 0. The van der Waals surface area contributed by atoms with Gasteiger partial charge in [-0.1, -0.05) is 33.1 Å². The van der Waals surface area contributed by atoms with Crippen molar-refractivity contribution in [2.75, 3.05) is 13.1 Å². The quantitative estimate of drug-likeness (QED) is 0.929. The van der Waals surface area contributed by atoms with Crippen LogP contribution in [0.15, 0.2) is 4.79 Å². The monoisotopic (exact) mass is 303 g/mol. The molecule has 2 aliphatic rings. The van der Waals surface area contributed by atoms with Crippen molar-refractivity contribution < 1.29 is 0 Å². The van der Waals surface area contributed by atoms with E-state index in [0.29, 0.717) is 5.92 Å². The van der Waals surface area contributed by atoms with Crippen molar-refractivity contribution >= 4 is 0 Å². The van der Waals surface area contributed by atoms with Crippen molar-refractivity contribution in [2.45, 2.75) is 71.3 Å². The molecule has 0 saturated heterocycles. The third-order valence-electron chi connectivity index (χ3n) is 5.19. The SMILES string of the molecule is CC(C)CCN1CCc2c(nc(C3CCCCC3)[nH]c2=O)C1. The highest BCUT2D eigenvalue weighted by molar-refractivity contribution is 5.22. The molecule has 2 heterocycles. The second-order valence-corrected chi connectivity index (χ2v) is 7.42. The summed E-state index contributed by atoms with van der Waals surface area (Å²) in [5, 5.41) is 0. The van der Waals surface area contributed by atoms with Crippen molar-refractivity contribution in [1.29, 1.82) is 0 Å². The first-order valence-corrected chi connectivity index (χ1v) is 8.98. The molecule has 1 aromatic heterocycles. The van der Waals surface area contributed by atoms with E-state index < -0.39 is 0 Å². The molecule has 0 amide bonds. The number of aromatic amines is 1. The molecular weight excluding hydrogens is 274 g/mol. The highest BCUT2D eigenvalue weighted by atomic mass is 16.1. The van der Waals surface area contributed by atoms with Crippen molar-refractivity contribution in [3.63, 3.8) is 0 Å². The third-order valence-corrected chi connectivity index (χ3v) is 5.19. The molecular formula is C18H29N3O. The lowest BCUT2D eigenvalue weighted by atomic mass is 9.88. The fourth-order valence-corrected chi connectivity index (χ4v) is 3.71. The van der Waals surface area contributed by atoms with Gasteiger partial charge < -0.3 is 4.98 Å². The lowest BCUT2D eigenvalue weighted by molar-refractivity contribution is 0.234. The molecule has 1 N–H and O–H groups in total. The lowest BCUT2D eigenvalue weighted by Gasteiger charge is -2.29. The minimum Gasteiger partial charge on any atom is -0.310 e. The smallest absolute Gasteiger partial charge is 0.254 e. The van der Waals surface area contributed by atoms with Crippen LogP contribution in [-0.4, -0.2) is 28.0 Å². The molecule has 4 nitrogen and oxygen atoms in total. The Balaban J connectivity index is 1.76. The lowest BCUT2D eigenvalue weighted by Crippen LogP contribution is -2.37. The second-order valence-electron chi connectivity index (χ2n) is 7.42. The van der Waals surface area contributed by atoms with Gasteiger partial charge in [0.05, 0.1) is 5.69 Å². The van der Waals surface area contributed by atoms with Gasteiger partial charge in [-0.05, 0) is 38.1 Å². The predicted octanol–water partition coefficient (Wildman–Crippen LogP) is 3.22. The summed E-state index contributed by atoms with van der Waals surface area (Å²) in [6, 6.07) is 0. The molecule has 122 valence electrons. The molecule has 22 heavy (non-hydrogen) atoms. The van der Waals surface area contributed by atoms with Crippen molar-refractivity contribution in [3.05, 3.63) is 27.4 Å². The van der Waals surface area contributed by atoms with Crippen molar-refractivity contribution in [1.82, 2.24) is 14.9 Å². The standard InChI is InChI=1S/C18H29N3O/c1-13(2)8-10-21-11-9-15-16(12-21)19-17(20-18(15)22)14-6-4-3-5-7-14/h13-14H,3-12H2,1-2H3,(H,19,20,22). The number of hydrogen-bond donors (Lipinski definition) is 1. The average molecular weight is 303 g/mol. The maximum atomic E-state index is 12.4. The van der Waals surface area contributed by atoms with Gasteiger partial charge in [0.15, 0.2) is 0 Å². The number of rotatable bonds is 4. The van der Waals surface area contributed by atoms with E-state index in [1.807, 2.05) is 0 Å². The van der Waals surface area contributed by atoms with Gasteiger partial charge in [-0.25, -0.2) is 4.98 Å². The number of hydrogen-bond acceptors (Lipinski definition) is 3. The van der Waals surface area contributed by atoms with E-state index in [1.54, 1.807) is 0 Å². The summed E-state index contributed by atoms with van der Waals surface area (Å²) < 4.78 is 0. The number of fused-ring (bicyclic) bond motifs is 1. The molecule has 0 aromatic carbocycles. The van der Waals surface area contributed by atoms with Gasteiger partial charge >= 0.3 is 0 Å². The Morgan fingerprint density at radius 1 is 1.27 bits per heavy atom. The number of nitrogens with one attached hydrogen (secondary N) is 1. The predicted molar refractivity (Wildman–Crippen MR) is 89.1 cm³/mol. The maximum absolute atomic E-state index is 12.4. The molecule has 1 saturated carbocycles. The molecule has 3 rings (SSSR count). The van der Waals surface area contributed by atoms with Crippen LogP contribution in [-0.2, 0) is 13.0 Å². The first kappa shape index (κ1) is 15.7. The van der Waals surface area contributed by atoms with Gasteiger partial charge in [0.25, 0.3) is 5.56 Å². The molecule has 0 unspecified atom stereocenters. The topological polar surface area (TPSA) is 49.0 Å². The summed E-state index contributed by atoms with van der Waals surface area (Å²) in [6.07, 6.45) is 8.29. The van der Waals surface area contributed by atoms with Crippen LogP contribution in [0.4, 0.5) is 0 Å². The summed E-state index contributed by atoms with van der Waals surface area (Å²) in [4.78, 5) is 22.8. The minimum atomic E-state index is 0.120. The van der Waals surface area contributed by atoms with Crippen LogP contribution in [0.3, 0.4) is 0 Å². The Morgan fingerprint density at radius 2 is 2.05 bits per heavy atom. The van der Waals surface area contributed by atoms with Crippen LogP contribution in [0.1, 0.15) is 75.4 Å². The molecule has 0 atom stereocenters. The molecule has 0 bridgehead atoms. The van der Waals surface area contributed by atoms with Crippen LogP contribution in [0.5, 0.6) is 0 Å². The number of nitrogens with zero attached hydrogens (tertiary/aromatic N) is 2. The first-order chi connectivity index (χ1) is 10.6. The molecule has 0 radical (unpaired) electrons. The maximum Gasteiger partial charge on any atom is 0.254 e. The molecule has 1 fully saturated rings. The first-order valence-electron chi connectivity index (χ1n) is 8.98. The number of H-pyrrole nitrogens is 1. The summed E-state index contributed by atoms with van der Waals surface area (Å²) in [5.41, 5.74) is 2.09. The van der Waals surface area contributed by atoms with Crippen LogP contribution in [0.2, 0.25) is 0 Å². The van der Waals surface area contributed by atoms with Crippen molar-refractivity contribution in [2.24, 2.45) is 5.92 Å². The van der Waals surface area contributed by atoms with Crippen LogP contribution < -0.4 is 5.56 Å². The molecule has 1 aliphatic carbocycles. The van der Waals surface area contributed by atoms with E-state index in [-0.39, 0.29) is 5.56 Å². The Labute approximate surface area is 133 Å². The largest absolute Gasteiger partial charge is 0.310 e. The fraction of sp³-hybridized carbons (Fsp3) is 0.778. The highest BCUT2D eigenvalue weighted by Gasteiger charge is 2.24. The average Bonchev–Trinajstić information content (AvgIpc) is 2.53. The van der Waals surface area contributed by atoms with Gasteiger partial charge in [-0.3, -0.25) is 9.69 Å². The van der Waals surface area contributed by atoms with Crippen LogP contribution >= 0.6 is 0 Å². The van der Waals surface area contributed by atoms with Gasteiger partial charge in [0.1, 0.15) is 5.82 Å². The van der Waals surface area contributed by atoms with Crippen LogP contribution in [0, 0.1) is 5.92 Å². The molecule has 1 aromatic rings. The van der Waals surface area contributed by atoms with Gasteiger partial charge in [-0.2, -0.15) is 0 Å². The molecule has 4 heteroatoms. The molecule has 0 spiro atoms. The molecule has 1 aliphatic heterocycles. The van der Waals surface area contributed by atoms with E-state index in [4.69, 9.17) is 4.98 Å². The van der Waals surface area contributed by atoms with E-state index in [1.165, 1.54) is 38.5 Å². The third kappa shape index (κ3) is 3.60. The van der Waals surface area contributed by atoms with E-state index >= 15 is 0 Å². The van der Waals surface area contributed by atoms with Gasteiger partial charge in [0, 0.05) is 24.6 Å². The highest BCUT2D eigenvalue weighted by Crippen LogP contribution is 2.30. The fourth-order valence-electron chi connectivity index (χ4n) is 3.71. The Bertz CT molecular complexity index is 558. The normalized spacial score (nSPS) is 20.3. The van der Waals surface area contributed by atoms with E-state index in [2.05, 4.69) is 23.7 Å². The zero-order chi connectivity index (χ0) is 15.5. The Hall–Kier alpha value is -1.16. The zero-order valence-electron chi connectivity index (χ0n) is 14.0. The van der Waals surface area contributed by atoms with Gasteiger partial charge in [0.2, 0.25) is 0 Å². The second kappa shape index (κ2) is 6.95. The van der Waals surface area contributed by atoms with Crippen molar-refractivity contribution in [3.8, 4) is 0 Å². The summed E-state index contributed by atoms with van der Waals surface area (Å²) >= 11 is 0. The van der Waals surface area contributed by atoms with Crippen LogP contribution in [0.25, 0.3) is 0 Å². The summed E-state index contributed by atoms with van der Waals surface area (Å²) in [6.45, 7) is 7.49. The van der Waals surface area contributed by atoms with E-state index in [9.17, 15) is 4.79 Å².